The monoisotopic (exact) mass is 434 g/mol. The molecule has 30 heavy (non-hydrogen) atoms. The number of aryl methyl sites for hydroxylation is 1. The summed E-state index contributed by atoms with van der Waals surface area (Å²) in [6.07, 6.45) is 4.87. The molecule has 1 aromatic carbocycles. The fourth-order valence-electron chi connectivity index (χ4n) is 3.95. The summed E-state index contributed by atoms with van der Waals surface area (Å²) >= 11 is 6.31. The summed E-state index contributed by atoms with van der Waals surface area (Å²) in [4.78, 5) is 12.8. The summed E-state index contributed by atoms with van der Waals surface area (Å²) in [6.45, 7) is 2.48. The van der Waals surface area contributed by atoms with Gasteiger partial charge in [0.2, 0.25) is 0 Å². The van der Waals surface area contributed by atoms with Crippen molar-refractivity contribution < 1.29 is 15.0 Å². The minimum Gasteiger partial charge on any atom is -0.390 e. The van der Waals surface area contributed by atoms with Crippen LogP contribution in [-0.2, 0) is 6.54 Å². The van der Waals surface area contributed by atoms with Gasteiger partial charge in [0.25, 0.3) is 5.91 Å². The second-order valence-electron chi connectivity index (χ2n) is 8.26. The van der Waals surface area contributed by atoms with E-state index in [-0.39, 0.29) is 25.5 Å². The predicted molar refractivity (Wildman–Crippen MR) is 117 cm³/mol. The number of aromatic nitrogens is 2. The van der Waals surface area contributed by atoms with Crippen LogP contribution in [0, 0.1) is 6.92 Å². The van der Waals surface area contributed by atoms with Gasteiger partial charge in [0.1, 0.15) is 0 Å². The normalized spacial score (nSPS) is 17.4. The van der Waals surface area contributed by atoms with Crippen LogP contribution in [0.3, 0.4) is 0 Å². The van der Waals surface area contributed by atoms with Gasteiger partial charge in [-0.05, 0) is 38.0 Å². The van der Waals surface area contributed by atoms with Crippen molar-refractivity contribution in [2.45, 2.75) is 63.7 Å². The van der Waals surface area contributed by atoms with E-state index in [1.54, 1.807) is 16.8 Å². The molecule has 1 heterocycles. The third-order valence-electron chi connectivity index (χ3n) is 5.68. The van der Waals surface area contributed by atoms with Crippen molar-refractivity contribution in [2.75, 3.05) is 13.1 Å². The first kappa shape index (κ1) is 22.7. The molecule has 0 saturated heterocycles. The van der Waals surface area contributed by atoms with E-state index in [0.29, 0.717) is 23.4 Å². The third-order valence-corrected chi connectivity index (χ3v) is 6.01. The smallest absolute Gasteiger partial charge is 0.252 e. The van der Waals surface area contributed by atoms with E-state index in [2.05, 4.69) is 10.4 Å². The number of hydrogen-bond acceptors (Lipinski definition) is 5. The molecule has 7 nitrogen and oxygen atoms in total. The Balaban J connectivity index is 1.79. The second-order valence-corrected chi connectivity index (χ2v) is 8.67. The molecule has 0 radical (unpaired) electrons. The number of amides is 1. The number of halogens is 1. The minimum atomic E-state index is -0.857. The average molecular weight is 435 g/mol. The fourth-order valence-corrected chi connectivity index (χ4v) is 4.16. The quantitative estimate of drug-likeness (QED) is 0.500. The number of carbonyl (C=O) groups excluding carboxylic acids is 1. The molecule has 8 heteroatoms. The van der Waals surface area contributed by atoms with E-state index in [0.717, 1.165) is 42.6 Å². The third kappa shape index (κ3) is 5.60. The Hall–Kier alpha value is -1.93. The van der Waals surface area contributed by atoms with Crippen molar-refractivity contribution in [3.05, 3.63) is 40.5 Å². The fraction of sp³-hybridized carbons (Fsp3) is 0.545. The Labute approximate surface area is 182 Å². The molecule has 1 atom stereocenters. The van der Waals surface area contributed by atoms with E-state index >= 15 is 0 Å². The van der Waals surface area contributed by atoms with Crippen LogP contribution < -0.4 is 11.1 Å². The van der Waals surface area contributed by atoms with Crippen molar-refractivity contribution in [3.8, 4) is 11.3 Å². The molecule has 1 aliphatic rings. The molecule has 164 valence electrons. The lowest BCUT2D eigenvalue weighted by atomic mass is 9.94. The second kappa shape index (κ2) is 9.92. The minimum absolute atomic E-state index is 0.134. The van der Waals surface area contributed by atoms with Gasteiger partial charge >= 0.3 is 0 Å². The van der Waals surface area contributed by atoms with Crippen LogP contribution in [0.1, 0.15) is 54.6 Å². The first-order chi connectivity index (χ1) is 14.3. The molecule has 0 unspecified atom stereocenters. The van der Waals surface area contributed by atoms with Gasteiger partial charge in [-0.3, -0.25) is 9.48 Å². The van der Waals surface area contributed by atoms with E-state index in [4.69, 9.17) is 17.3 Å². The van der Waals surface area contributed by atoms with Crippen molar-refractivity contribution >= 4 is 17.5 Å². The van der Waals surface area contributed by atoms with Crippen LogP contribution in [0.2, 0.25) is 5.02 Å². The number of benzene rings is 1. The van der Waals surface area contributed by atoms with Gasteiger partial charge in [0.15, 0.2) is 0 Å². The van der Waals surface area contributed by atoms with Gasteiger partial charge in [-0.2, -0.15) is 5.10 Å². The summed E-state index contributed by atoms with van der Waals surface area (Å²) in [5, 5.41) is 28.4. The van der Waals surface area contributed by atoms with Crippen molar-refractivity contribution in [1.82, 2.24) is 15.1 Å². The Morgan fingerprint density at radius 1 is 1.30 bits per heavy atom. The Bertz CT molecular complexity index is 875. The number of rotatable bonds is 7. The number of nitrogens with two attached hydrogens (primary N) is 1. The molecule has 1 saturated carbocycles. The summed E-state index contributed by atoms with van der Waals surface area (Å²) in [5.41, 5.74) is 7.35. The number of nitrogens with zero attached hydrogens (tertiary/aromatic N) is 2. The molecule has 2 aromatic rings. The van der Waals surface area contributed by atoms with Crippen molar-refractivity contribution in [2.24, 2.45) is 5.73 Å². The molecule has 0 spiro atoms. The molecular formula is C22H31ClN4O3. The highest BCUT2D eigenvalue weighted by Gasteiger charge is 2.29. The van der Waals surface area contributed by atoms with E-state index in [1.807, 2.05) is 19.1 Å². The Morgan fingerprint density at radius 2 is 2.00 bits per heavy atom. The highest BCUT2D eigenvalue weighted by molar-refractivity contribution is 6.34. The highest BCUT2D eigenvalue weighted by atomic mass is 35.5. The maximum Gasteiger partial charge on any atom is 0.252 e. The molecule has 1 aromatic heterocycles. The summed E-state index contributed by atoms with van der Waals surface area (Å²) in [7, 11) is 0. The van der Waals surface area contributed by atoms with Gasteiger partial charge in [-0.25, -0.2) is 0 Å². The largest absolute Gasteiger partial charge is 0.390 e. The van der Waals surface area contributed by atoms with Gasteiger partial charge in [-0.15, -0.1) is 0 Å². The lowest BCUT2D eigenvalue weighted by Gasteiger charge is -2.27. The molecule has 1 fully saturated rings. The maximum absolute atomic E-state index is 12.8. The maximum atomic E-state index is 12.8. The molecule has 3 rings (SSSR count). The summed E-state index contributed by atoms with van der Waals surface area (Å²) in [6, 6.07) is 7.11. The lowest BCUT2D eigenvalue weighted by molar-refractivity contribution is 0.0246. The molecule has 5 N–H and O–H groups in total. The molecule has 1 amide bonds. The highest BCUT2D eigenvalue weighted by Crippen LogP contribution is 2.28. The topological polar surface area (TPSA) is 113 Å². The first-order valence-corrected chi connectivity index (χ1v) is 10.9. The van der Waals surface area contributed by atoms with Crippen LogP contribution in [0.5, 0.6) is 0 Å². The average Bonchev–Trinajstić information content (AvgIpc) is 2.94. The molecule has 1 aliphatic carbocycles. The van der Waals surface area contributed by atoms with Crippen LogP contribution >= 0.6 is 11.6 Å². The zero-order valence-electron chi connectivity index (χ0n) is 17.4. The standard InChI is InChI=1S/C22H31ClN4O3/c1-15-10-20(27(26-15)13-17(28)12-24)16-6-7-19(23)18(11-16)21(29)25-14-22(30)8-4-2-3-5-9-22/h6-7,10-11,17,28,30H,2-5,8-9,12-14,24H2,1H3,(H,25,29)/t17-/m0/s1. The van der Waals surface area contributed by atoms with Crippen LogP contribution in [0.4, 0.5) is 0 Å². The zero-order valence-corrected chi connectivity index (χ0v) is 18.2. The van der Waals surface area contributed by atoms with Gasteiger partial charge in [-0.1, -0.05) is 43.4 Å². The van der Waals surface area contributed by atoms with Crippen LogP contribution in [0.15, 0.2) is 24.3 Å². The first-order valence-electron chi connectivity index (χ1n) is 10.5. The van der Waals surface area contributed by atoms with Crippen LogP contribution in [-0.4, -0.2) is 50.7 Å². The number of aliphatic hydroxyl groups is 2. The summed E-state index contributed by atoms with van der Waals surface area (Å²) in [5.74, 6) is -0.315. The number of aliphatic hydroxyl groups excluding tert-OH is 1. The van der Waals surface area contributed by atoms with E-state index < -0.39 is 11.7 Å². The van der Waals surface area contributed by atoms with Gasteiger partial charge < -0.3 is 21.3 Å². The van der Waals surface area contributed by atoms with Gasteiger partial charge in [0.05, 0.1) is 40.2 Å². The van der Waals surface area contributed by atoms with E-state index in [9.17, 15) is 15.0 Å². The number of nitrogens with one attached hydrogen (secondary N) is 1. The Kier molecular flexibility index (Phi) is 7.52. The molecule has 0 aliphatic heterocycles. The predicted octanol–water partition coefficient (Wildman–Crippen LogP) is 2.65. The molecular weight excluding hydrogens is 404 g/mol. The van der Waals surface area contributed by atoms with Crippen molar-refractivity contribution in [3.63, 3.8) is 0 Å². The van der Waals surface area contributed by atoms with Gasteiger partial charge in [0, 0.05) is 18.7 Å². The SMILES string of the molecule is Cc1cc(-c2ccc(Cl)c(C(=O)NCC3(O)CCCCCC3)c2)n(C[C@@H](O)CN)n1. The number of hydrogen-bond donors (Lipinski definition) is 4. The van der Waals surface area contributed by atoms with E-state index in [1.165, 1.54) is 0 Å². The number of carbonyl (C=O) groups is 1. The lowest BCUT2D eigenvalue weighted by Crippen LogP contribution is -2.42. The Morgan fingerprint density at radius 3 is 2.67 bits per heavy atom. The van der Waals surface area contributed by atoms with Crippen LogP contribution in [0.25, 0.3) is 11.3 Å². The zero-order chi connectivity index (χ0) is 21.7. The van der Waals surface area contributed by atoms with Crippen molar-refractivity contribution in [1.29, 1.82) is 0 Å². The molecule has 0 bridgehead atoms. The summed E-state index contributed by atoms with van der Waals surface area (Å²) < 4.78 is 1.69.